The Kier molecular flexibility index (Phi) is 4.99. The lowest BCUT2D eigenvalue weighted by Crippen LogP contribution is -2.30. The Balaban J connectivity index is 1.60. The van der Waals surface area contributed by atoms with Crippen molar-refractivity contribution in [1.82, 2.24) is 24.8 Å². The third-order valence-corrected chi connectivity index (χ3v) is 5.77. The third-order valence-electron chi connectivity index (χ3n) is 5.42. The quantitative estimate of drug-likeness (QED) is 0.492. The molecule has 1 aliphatic heterocycles. The number of nitrogens with one attached hydrogen (secondary N) is 1. The average molecular weight is 412 g/mol. The van der Waals surface area contributed by atoms with E-state index < -0.39 is 0 Å². The third kappa shape index (κ3) is 3.46. The molecule has 0 saturated carbocycles. The molecule has 0 radical (unpaired) electrons. The number of nitrogens with zero attached hydrogens (tertiary/aromatic N) is 4. The maximum atomic E-state index is 5.79. The van der Waals surface area contributed by atoms with Gasteiger partial charge in [0.2, 0.25) is 0 Å². The van der Waals surface area contributed by atoms with Gasteiger partial charge in [-0.1, -0.05) is 24.3 Å². The molecular formula is C24H21N5S. The highest BCUT2D eigenvalue weighted by molar-refractivity contribution is 7.80. The van der Waals surface area contributed by atoms with Gasteiger partial charge in [0.05, 0.1) is 17.8 Å². The van der Waals surface area contributed by atoms with Crippen LogP contribution in [-0.2, 0) is 6.54 Å². The Morgan fingerprint density at radius 2 is 1.67 bits per heavy atom. The molecule has 1 aromatic carbocycles. The molecule has 0 spiro atoms. The smallest absolute Gasteiger partial charge is 0.170 e. The monoisotopic (exact) mass is 411 g/mol. The molecule has 1 fully saturated rings. The van der Waals surface area contributed by atoms with E-state index in [1.54, 1.807) is 0 Å². The lowest BCUT2D eigenvalue weighted by Gasteiger charge is -2.29. The van der Waals surface area contributed by atoms with E-state index in [9.17, 15) is 0 Å². The predicted molar refractivity (Wildman–Crippen MR) is 121 cm³/mol. The van der Waals surface area contributed by atoms with Crippen LogP contribution in [0.25, 0.3) is 5.69 Å². The first-order valence-electron chi connectivity index (χ1n) is 9.91. The van der Waals surface area contributed by atoms with E-state index in [1.165, 1.54) is 11.3 Å². The molecule has 4 heterocycles. The van der Waals surface area contributed by atoms with Crippen LogP contribution in [0.15, 0.2) is 97.6 Å². The maximum Gasteiger partial charge on any atom is 0.170 e. The standard InChI is InChI=1S/C24H21N5S/c30-24-27-22(20-9-4-5-13-26-20)23(29(24)17-18-11-14-25-15-12-18)21-10-6-16-28(21)19-7-2-1-3-8-19/h1-16,22-23H,17H2,(H,27,30)/t22-,23-/m1/s1. The van der Waals surface area contributed by atoms with Gasteiger partial charge in [0.1, 0.15) is 0 Å². The van der Waals surface area contributed by atoms with Gasteiger partial charge in [-0.15, -0.1) is 0 Å². The van der Waals surface area contributed by atoms with E-state index in [1.807, 2.05) is 48.9 Å². The molecule has 1 aliphatic rings. The van der Waals surface area contributed by atoms with Gasteiger partial charge in [-0.2, -0.15) is 0 Å². The van der Waals surface area contributed by atoms with Crippen LogP contribution in [0.5, 0.6) is 0 Å². The van der Waals surface area contributed by atoms with Gasteiger partial charge < -0.3 is 14.8 Å². The van der Waals surface area contributed by atoms with Gasteiger partial charge in [0.25, 0.3) is 0 Å². The predicted octanol–water partition coefficient (Wildman–Crippen LogP) is 4.44. The van der Waals surface area contributed by atoms with Crippen molar-refractivity contribution in [1.29, 1.82) is 0 Å². The van der Waals surface area contributed by atoms with E-state index >= 15 is 0 Å². The number of benzene rings is 1. The summed E-state index contributed by atoms with van der Waals surface area (Å²) in [6.45, 7) is 0.697. The number of hydrogen-bond acceptors (Lipinski definition) is 3. The summed E-state index contributed by atoms with van der Waals surface area (Å²) in [6, 6.07) is 24.7. The second-order valence-electron chi connectivity index (χ2n) is 7.25. The van der Waals surface area contributed by atoms with Gasteiger partial charge in [-0.3, -0.25) is 9.97 Å². The molecule has 6 heteroatoms. The zero-order valence-corrected chi connectivity index (χ0v) is 17.1. The summed E-state index contributed by atoms with van der Waals surface area (Å²) in [7, 11) is 0. The van der Waals surface area contributed by atoms with E-state index in [4.69, 9.17) is 12.2 Å². The summed E-state index contributed by atoms with van der Waals surface area (Å²) in [4.78, 5) is 11.0. The van der Waals surface area contributed by atoms with Crippen molar-refractivity contribution in [2.45, 2.75) is 18.6 Å². The van der Waals surface area contributed by atoms with Gasteiger partial charge in [0, 0.05) is 42.7 Å². The van der Waals surface area contributed by atoms with Gasteiger partial charge in [-0.25, -0.2) is 0 Å². The van der Waals surface area contributed by atoms with Crippen molar-refractivity contribution in [3.63, 3.8) is 0 Å². The van der Waals surface area contributed by atoms with Crippen LogP contribution in [0.3, 0.4) is 0 Å². The first kappa shape index (κ1) is 18.5. The van der Waals surface area contributed by atoms with Gasteiger partial charge in [-0.05, 0) is 66.3 Å². The van der Waals surface area contributed by atoms with Crippen molar-refractivity contribution in [3.05, 3.63) is 115 Å². The van der Waals surface area contributed by atoms with Gasteiger partial charge in [0.15, 0.2) is 5.11 Å². The molecule has 3 aromatic heterocycles. The lowest BCUT2D eigenvalue weighted by atomic mass is 10.0. The fourth-order valence-corrected chi connectivity index (χ4v) is 4.35. The molecule has 5 rings (SSSR count). The van der Waals surface area contributed by atoms with Crippen molar-refractivity contribution in [2.75, 3.05) is 0 Å². The van der Waals surface area contributed by atoms with E-state index in [0.29, 0.717) is 6.54 Å². The second kappa shape index (κ2) is 8.08. The molecule has 30 heavy (non-hydrogen) atoms. The summed E-state index contributed by atoms with van der Waals surface area (Å²) in [5.41, 5.74) is 4.43. The van der Waals surface area contributed by atoms with Crippen LogP contribution in [0.4, 0.5) is 0 Å². The fourth-order valence-electron chi connectivity index (χ4n) is 4.04. The molecule has 148 valence electrons. The first-order chi connectivity index (χ1) is 14.8. The second-order valence-corrected chi connectivity index (χ2v) is 7.64. The number of thiocarbonyl (C=S) groups is 1. The van der Waals surface area contributed by atoms with Crippen molar-refractivity contribution < 1.29 is 0 Å². The highest BCUT2D eigenvalue weighted by Gasteiger charge is 2.41. The Labute approximate surface area is 181 Å². The van der Waals surface area contributed by atoms with Crippen molar-refractivity contribution in [2.24, 2.45) is 0 Å². The maximum absolute atomic E-state index is 5.79. The fraction of sp³-hybridized carbons (Fsp3) is 0.125. The summed E-state index contributed by atoms with van der Waals surface area (Å²) in [5.74, 6) is 0. The van der Waals surface area contributed by atoms with Crippen LogP contribution < -0.4 is 5.32 Å². The summed E-state index contributed by atoms with van der Waals surface area (Å²) in [5, 5.41) is 4.25. The van der Waals surface area contributed by atoms with Crippen molar-refractivity contribution in [3.8, 4) is 5.69 Å². The molecule has 0 aliphatic carbocycles. The summed E-state index contributed by atoms with van der Waals surface area (Å²) in [6.07, 6.45) is 7.57. The molecule has 2 atom stereocenters. The molecule has 1 saturated heterocycles. The Hall–Kier alpha value is -3.51. The number of para-hydroxylation sites is 1. The highest BCUT2D eigenvalue weighted by Crippen LogP contribution is 2.40. The average Bonchev–Trinajstić information content (AvgIpc) is 3.40. The lowest BCUT2D eigenvalue weighted by molar-refractivity contribution is 0.302. The van der Waals surface area contributed by atoms with Crippen LogP contribution in [0.1, 0.15) is 29.0 Å². The minimum absolute atomic E-state index is 0.00392. The largest absolute Gasteiger partial charge is 0.352 e. The van der Waals surface area contributed by atoms with Crippen molar-refractivity contribution >= 4 is 17.3 Å². The van der Waals surface area contributed by atoms with E-state index in [-0.39, 0.29) is 12.1 Å². The Bertz CT molecular complexity index is 1130. The first-order valence-corrected chi connectivity index (χ1v) is 10.3. The molecule has 0 amide bonds. The normalized spacial score (nSPS) is 18.4. The van der Waals surface area contributed by atoms with E-state index in [2.05, 4.69) is 73.4 Å². The number of aromatic nitrogens is 3. The molecular weight excluding hydrogens is 390 g/mol. The topological polar surface area (TPSA) is 46.0 Å². The van der Waals surface area contributed by atoms with Crippen LogP contribution in [0, 0.1) is 0 Å². The SMILES string of the molecule is S=C1N[C@H](c2ccccn2)[C@@H](c2cccn2-c2ccccc2)N1Cc1ccncc1. The number of rotatable bonds is 5. The summed E-state index contributed by atoms with van der Waals surface area (Å²) >= 11 is 5.79. The molecule has 0 bridgehead atoms. The Morgan fingerprint density at radius 3 is 2.43 bits per heavy atom. The van der Waals surface area contributed by atoms with Gasteiger partial charge >= 0.3 is 0 Å². The molecule has 1 N–H and O–H groups in total. The zero-order valence-electron chi connectivity index (χ0n) is 16.3. The highest BCUT2D eigenvalue weighted by atomic mass is 32.1. The minimum atomic E-state index is -0.0436. The van der Waals surface area contributed by atoms with Crippen LogP contribution in [-0.4, -0.2) is 24.5 Å². The molecule has 4 aromatic rings. The molecule has 5 nitrogen and oxygen atoms in total. The molecule has 0 unspecified atom stereocenters. The summed E-state index contributed by atoms with van der Waals surface area (Å²) < 4.78 is 2.23. The zero-order chi connectivity index (χ0) is 20.3. The Morgan fingerprint density at radius 1 is 0.867 bits per heavy atom. The van der Waals surface area contributed by atoms with Crippen LogP contribution >= 0.6 is 12.2 Å². The van der Waals surface area contributed by atoms with E-state index in [0.717, 1.165) is 16.5 Å². The number of hydrogen-bond donors (Lipinski definition) is 1. The van der Waals surface area contributed by atoms with Crippen LogP contribution in [0.2, 0.25) is 0 Å². The number of pyridine rings is 2. The minimum Gasteiger partial charge on any atom is -0.352 e.